The molecule has 0 unspecified atom stereocenters. The SMILES string of the molecule is CSc1cc(NN)cc(OC(F)F)c1. The van der Waals surface area contributed by atoms with Gasteiger partial charge in [-0.25, -0.2) is 0 Å². The molecule has 0 atom stereocenters. The van der Waals surface area contributed by atoms with Crippen LogP contribution in [0.4, 0.5) is 14.5 Å². The average molecular weight is 220 g/mol. The fourth-order valence-electron chi connectivity index (χ4n) is 0.944. The Hall–Kier alpha value is -1.01. The van der Waals surface area contributed by atoms with Crippen molar-refractivity contribution in [3.8, 4) is 5.75 Å². The van der Waals surface area contributed by atoms with Gasteiger partial charge in [0, 0.05) is 11.0 Å². The van der Waals surface area contributed by atoms with Crippen molar-refractivity contribution in [3.63, 3.8) is 0 Å². The fourth-order valence-corrected chi connectivity index (χ4v) is 1.42. The highest BCUT2D eigenvalue weighted by atomic mass is 32.2. The van der Waals surface area contributed by atoms with Gasteiger partial charge in [0.05, 0.1) is 5.69 Å². The smallest absolute Gasteiger partial charge is 0.387 e. The Bertz CT molecular complexity index is 287. The second-order valence-electron chi connectivity index (χ2n) is 2.42. The molecule has 0 saturated heterocycles. The van der Waals surface area contributed by atoms with Crippen LogP contribution in [0, 0.1) is 0 Å². The van der Waals surface area contributed by atoms with Gasteiger partial charge in [0.25, 0.3) is 0 Å². The molecule has 0 aliphatic carbocycles. The first kappa shape index (κ1) is 11.1. The Labute approximate surface area is 84.6 Å². The zero-order valence-corrected chi connectivity index (χ0v) is 8.28. The van der Waals surface area contributed by atoms with E-state index in [0.29, 0.717) is 5.69 Å². The molecule has 0 aliphatic heterocycles. The average Bonchev–Trinajstić information content (AvgIpc) is 2.16. The molecule has 0 heterocycles. The van der Waals surface area contributed by atoms with Crippen molar-refractivity contribution in [1.29, 1.82) is 0 Å². The third-order valence-electron chi connectivity index (χ3n) is 1.51. The van der Waals surface area contributed by atoms with Crippen LogP contribution in [0.3, 0.4) is 0 Å². The lowest BCUT2D eigenvalue weighted by Crippen LogP contribution is -2.08. The van der Waals surface area contributed by atoms with Gasteiger partial charge in [-0.05, 0) is 18.4 Å². The number of nitrogen functional groups attached to an aromatic ring is 1. The normalized spacial score (nSPS) is 10.4. The van der Waals surface area contributed by atoms with Gasteiger partial charge < -0.3 is 10.2 Å². The van der Waals surface area contributed by atoms with Crippen LogP contribution in [0.25, 0.3) is 0 Å². The predicted molar refractivity (Wildman–Crippen MR) is 52.7 cm³/mol. The monoisotopic (exact) mass is 220 g/mol. The van der Waals surface area contributed by atoms with Crippen molar-refractivity contribution in [3.05, 3.63) is 18.2 Å². The number of nitrogens with one attached hydrogen (secondary N) is 1. The van der Waals surface area contributed by atoms with Gasteiger partial charge in [-0.2, -0.15) is 8.78 Å². The lowest BCUT2D eigenvalue weighted by Gasteiger charge is -2.08. The largest absolute Gasteiger partial charge is 0.435 e. The second-order valence-corrected chi connectivity index (χ2v) is 3.30. The minimum Gasteiger partial charge on any atom is -0.435 e. The molecule has 1 aromatic rings. The number of hydrazine groups is 1. The molecule has 1 aromatic carbocycles. The number of nitrogens with two attached hydrogens (primary N) is 1. The summed E-state index contributed by atoms with van der Waals surface area (Å²) < 4.78 is 28.1. The Balaban J connectivity index is 2.92. The number of halogens is 2. The quantitative estimate of drug-likeness (QED) is 0.464. The molecular formula is C8H10F2N2OS. The van der Waals surface area contributed by atoms with Crippen LogP contribution in [-0.4, -0.2) is 12.9 Å². The summed E-state index contributed by atoms with van der Waals surface area (Å²) >= 11 is 1.42. The van der Waals surface area contributed by atoms with Crippen molar-refractivity contribution >= 4 is 17.4 Å². The number of hydrogen-bond acceptors (Lipinski definition) is 4. The molecule has 1 rings (SSSR count). The van der Waals surface area contributed by atoms with E-state index < -0.39 is 6.61 Å². The summed E-state index contributed by atoms with van der Waals surface area (Å²) in [7, 11) is 0. The van der Waals surface area contributed by atoms with Crippen LogP contribution in [0.2, 0.25) is 0 Å². The third-order valence-corrected chi connectivity index (χ3v) is 2.21. The molecule has 14 heavy (non-hydrogen) atoms. The highest BCUT2D eigenvalue weighted by molar-refractivity contribution is 7.98. The van der Waals surface area contributed by atoms with E-state index in [1.807, 2.05) is 6.26 Å². The van der Waals surface area contributed by atoms with E-state index in [0.717, 1.165) is 4.90 Å². The van der Waals surface area contributed by atoms with Crippen LogP contribution in [0.15, 0.2) is 23.1 Å². The molecule has 0 amide bonds. The number of ether oxygens (including phenoxy) is 1. The maximum Gasteiger partial charge on any atom is 0.387 e. The summed E-state index contributed by atoms with van der Waals surface area (Å²) in [6.45, 7) is -2.82. The molecule has 0 saturated carbocycles. The number of rotatable bonds is 4. The summed E-state index contributed by atoms with van der Waals surface area (Å²) in [5.41, 5.74) is 2.91. The molecule has 0 radical (unpaired) electrons. The molecule has 0 spiro atoms. The van der Waals surface area contributed by atoms with E-state index in [1.165, 1.54) is 23.9 Å². The van der Waals surface area contributed by atoms with E-state index in [4.69, 9.17) is 5.84 Å². The van der Waals surface area contributed by atoms with Crippen molar-refractivity contribution in [2.45, 2.75) is 11.5 Å². The van der Waals surface area contributed by atoms with E-state index in [9.17, 15) is 8.78 Å². The molecule has 0 aliphatic rings. The Kier molecular flexibility index (Phi) is 3.97. The first-order valence-electron chi connectivity index (χ1n) is 3.76. The number of anilines is 1. The molecule has 0 aromatic heterocycles. The first-order valence-corrected chi connectivity index (χ1v) is 4.98. The Morgan fingerprint density at radius 3 is 2.64 bits per heavy atom. The summed E-state index contributed by atoms with van der Waals surface area (Å²) in [6.07, 6.45) is 1.84. The third kappa shape index (κ3) is 3.04. The fraction of sp³-hybridized carbons (Fsp3) is 0.250. The number of alkyl halides is 2. The predicted octanol–water partition coefficient (Wildman–Crippen LogP) is 2.30. The van der Waals surface area contributed by atoms with Crippen LogP contribution >= 0.6 is 11.8 Å². The molecule has 0 fully saturated rings. The summed E-state index contributed by atoms with van der Waals surface area (Å²) in [6, 6.07) is 4.67. The maximum absolute atomic E-state index is 11.9. The minimum absolute atomic E-state index is 0.0970. The molecule has 3 N–H and O–H groups in total. The lowest BCUT2D eigenvalue weighted by molar-refractivity contribution is -0.0499. The van der Waals surface area contributed by atoms with Gasteiger partial charge in [-0.15, -0.1) is 11.8 Å². The highest BCUT2D eigenvalue weighted by Crippen LogP contribution is 2.27. The summed E-state index contributed by atoms with van der Waals surface area (Å²) in [5.74, 6) is 5.27. The summed E-state index contributed by atoms with van der Waals surface area (Å²) in [5, 5.41) is 0. The van der Waals surface area contributed by atoms with Gasteiger partial charge in [-0.3, -0.25) is 5.84 Å². The number of thioether (sulfide) groups is 1. The van der Waals surface area contributed by atoms with E-state index in [-0.39, 0.29) is 5.75 Å². The molecule has 3 nitrogen and oxygen atoms in total. The van der Waals surface area contributed by atoms with Crippen LogP contribution in [-0.2, 0) is 0 Å². The maximum atomic E-state index is 11.9. The van der Waals surface area contributed by atoms with Gasteiger partial charge >= 0.3 is 6.61 Å². The zero-order valence-electron chi connectivity index (χ0n) is 7.46. The minimum atomic E-state index is -2.82. The first-order chi connectivity index (χ1) is 6.65. The van der Waals surface area contributed by atoms with E-state index in [2.05, 4.69) is 10.2 Å². The molecule has 6 heteroatoms. The highest BCUT2D eigenvalue weighted by Gasteiger charge is 2.06. The van der Waals surface area contributed by atoms with Gasteiger partial charge in [-0.1, -0.05) is 0 Å². The van der Waals surface area contributed by atoms with Crippen molar-refractivity contribution in [1.82, 2.24) is 0 Å². The van der Waals surface area contributed by atoms with E-state index >= 15 is 0 Å². The lowest BCUT2D eigenvalue weighted by atomic mass is 10.3. The van der Waals surface area contributed by atoms with Crippen molar-refractivity contribution < 1.29 is 13.5 Å². The zero-order chi connectivity index (χ0) is 10.6. The van der Waals surface area contributed by atoms with Gasteiger partial charge in [0.15, 0.2) is 0 Å². The van der Waals surface area contributed by atoms with Crippen LogP contribution < -0.4 is 16.0 Å². The van der Waals surface area contributed by atoms with Crippen LogP contribution in [0.5, 0.6) is 5.75 Å². The molecular weight excluding hydrogens is 210 g/mol. The number of hydrogen-bond donors (Lipinski definition) is 2. The number of benzene rings is 1. The topological polar surface area (TPSA) is 47.3 Å². The van der Waals surface area contributed by atoms with Gasteiger partial charge in [0.2, 0.25) is 0 Å². The Morgan fingerprint density at radius 2 is 2.14 bits per heavy atom. The Morgan fingerprint density at radius 1 is 1.43 bits per heavy atom. The molecule has 0 bridgehead atoms. The van der Waals surface area contributed by atoms with Crippen LogP contribution in [0.1, 0.15) is 0 Å². The standard InChI is InChI=1S/C8H10F2N2OS/c1-14-7-3-5(12-11)2-6(4-7)13-8(9)10/h2-4,8,12H,11H2,1H3. The van der Waals surface area contributed by atoms with Crippen molar-refractivity contribution in [2.24, 2.45) is 5.84 Å². The van der Waals surface area contributed by atoms with Gasteiger partial charge in [0.1, 0.15) is 5.75 Å². The summed E-state index contributed by atoms with van der Waals surface area (Å²) in [4.78, 5) is 0.802. The second kappa shape index (κ2) is 5.02. The molecule has 78 valence electrons. The van der Waals surface area contributed by atoms with Crippen molar-refractivity contribution in [2.75, 3.05) is 11.7 Å². The van der Waals surface area contributed by atoms with E-state index in [1.54, 1.807) is 6.07 Å².